The summed E-state index contributed by atoms with van der Waals surface area (Å²) in [6.45, 7) is 10.3. The highest BCUT2D eigenvalue weighted by atomic mass is 16.5. The summed E-state index contributed by atoms with van der Waals surface area (Å²) in [5.41, 5.74) is 4.90. The van der Waals surface area contributed by atoms with Crippen LogP contribution in [-0.4, -0.2) is 22.8 Å². The molecule has 0 fully saturated rings. The summed E-state index contributed by atoms with van der Waals surface area (Å²) in [6.07, 6.45) is 5.14. The minimum absolute atomic E-state index is 0.0323. The Hall–Kier alpha value is -3.08. The zero-order chi connectivity index (χ0) is 20.5. The quantitative estimate of drug-likeness (QED) is 0.604. The summed E-state index contributed by atoms with van der Waals surface area (Å²) in [5, 5.41) is 14.4. The standard InChI is InChI=1S/C23H26N2O3/c1-22(2,3)17-9-6-15(7-10-17)21(27)25-24-14-16-8-11-19-18(20(16)26)12-13-23(4,5)28-19/h6-14,26H,1-5H3,(H,25,27)/b24-14+. The zero-order valence-corrected chi connectivity index (χ0v) is 16.9. The number of phenols is 1. The molecule has 2 N–H and O–H groups in total. The molecule has 146 valence electrons. The van der Waals surface area contributed by atoms with Gasteiger partial charge in [0.25, 0.3) is 5.91 Å². The first-order valence-electron chi connectivity index (χ1n) is 9.25. The molecular weight excluding hydrogens is 352 g/mol. The maximum atomic E-state index is 12.3. The number of rotatable bonds is 3. The van der Waals surface area contributed by atoms with Crippen molar-refractivity contribution in [1.82, 2.24) is 5.43 Å². The highest BCUT2D eigenvalue weighted by Gasteiger charge is 2.24. The van der Waals surface area contributed by atoms with E-state index >= 15 is 0 Å². The molecule has 0 saturated carbocycles. The third-order valence-electron chi connectivity index (χ3n) is 4.62. The maximum absolute atomic E-state index is 12.3. The van der Waals surface area contributed by atoms with Crippen molar-refractivity contribution in [2.75, 3.05) is 0 Å². The van der Waals surface area contributed by atoms with Crippen LogP contribution in [-0.2, 0) is 5.41 Å². The van der Waals surface area contributed by atoms with E-state index in [-0.39, 0.29) is 17.1 Å². The van der Waals surface area contributed by atoms with Gasteiger partial charge in [-0.15, -0.1) is 0 Å². The molecule has 5 nitrogen and oxygen atoms in total. The topological polar surface area (TPSA) is 70.9 Å². The lowest BCUT2D eigenvalue weighted by atomic mass is 9.87. The number of fused-ring (bicyclic) bond motifs is 1. The van der Waals surface area contributed by atoms with Gasteiger partial charge in [-0.2, -0.15) is 5.10 Å². The molecular formula is C23H26N2O3. The number of phenolic OH excluding ortho intramolecular Hbond substituents is 1. The van der Waals surface area contributed by atoms with Gasteiger partial charge in [-0.05, 0) is 61.2 Å². The highest BCUT2D eigenvalue weighted by molar-refractivity contribution is 5.95. The Bertz CT molecular complexity index is 949. The minimum atomic E-state index is -0.411. The summed E-state index contributed by atoms with van der Waals surface area (Å²) >= 11 is 0. The zero-order valence-electron chi connectivity index (χ0n) is 16.9. The van der Waals surface area contributed by atoms with Crippen LogP contribution in [0, 0.1) is 0 Å². The molecule has 1 amide bonds. The number of hydrogen-bond acceptors (Lipinski definition) is 4. The fourth-order valence-corrected chi connectivity index (χ4v) is 2.91. The van der Waals surface area contributed by atoms with Crippen LogP contribution in [0.2, 0.25) is 0 Å². The number of nitrogens with zero attached hydrogens (tertiary/aromatic N) is 1. The number of benzene rings is 2. The average molecular weight is 378 g/mol. The van der Waals surface area contributed by atoms with E-state index in [2.05, 4.69) is 31.3 Å². The van der Waals surface area contributed by atoms with E-state index in [1.54, 1.807) is 24.3 Å². The van der Waals surface area contributed by atoms with Crippen molar-refractivity contribution in [1.29, 1.82) is 0 Å². The molecule has 0 unspecified atom stereocenters. The summed E-state index contributed by atoms with van der Waals surface area (Å²) in [6, 6.07) is 11.0. The third kappa shape index (κ3) is 4.25. The molecule has 2 aromatic rings. The molecule has 1 aliphatic rings. The van der Waals surface area contributed by atoms with Gasteiger partial charge in [0.2, 0.25) is 0 Å². The average Bonchev–Trinajstić information content (AvgIpc) is 2.62. The number of hydrazone groups is 1. The van der Waals surface area contributed by atoms with Crippen LogP contribution in [0.15, 0.2) is 47.6 Å². The van der Waals surface area contributed by atoms with Crippen LogP contribution < -0.4 is 10.2 Å². The van der Waals surface area contributed by atoms with Crippen molar-refractivity contribution < 1.29 is 14.6 Å². The van der Waals surface area contributed by atoms with Gasteiger partial charge in [-0.25, -0.2) is 5.43 Å². The first-order valence-corrected chi connectivity index (χ1v) is 9.25. The van der Waals surface area contributed by atoms with Gasteiger partial charge >= 0.3 is 0 Å². The van der Waals surface area contributed by atoms with E-state index in [0.29, 0.717) is 22.4 Å². The van der Waals surface area contributed by atoms with Crippen LogP contribution in [0.5, 0.6) is 11.5 Å². The number of carbonyl (C=O) groups is 1. The number of ether oxygens (including phenoxy) is 1. The Morgan fingerprint density at radius 2 is 1.82 bits per heavy atom. The van der Waals surface area contributed by atoms with Crippen molar-refractivity contribution in [2.24, 2.45) is 5.10 Å². The molecule has 2 aromatic carbocycles. The Labute approximate surface area is 165 Å². The first-order chi connectivity index (χ1) is 13.1. The minimum Gasteiger partial charge on any atom is -0.506 e. The Balaban J connectivity index is 1.70. The number of hydrogen-bond donors (Lipinski definition) is 2. The Morgan fingerprint density at radius 3 is 2.46 bits per heavy atom. The van der Waals surface area contributed by atoms with Gasteiger partial charge in [-0.1, -0.05) is 32.9 Å². The number of carbonyl (C=O) groups excluding carboxylic acids is 1. The monoisotopic (exact) mass is 378 g/mol. The molecule has 0 bridgehead atoms. The van der Waals surface area contributed by atoms with Gasteiger partial charge in [-0.3, -0.25) is 4.79 Å². The van der Waals surface area contributed by atoms with Crippen LogP contribution in [0.1, 0.15) is 61.7 Å². The lowest BCUT2D eigenvalue weighted by Crippen LogP contribution is -2.27. The number of aromatic hydroxyl groups is 1. The normalized spacial score (nSPS) is 15.2. The summed E-state index contributed by atoms with van der Waals surface area (Å²) in [5.74, 6) is 0.376. The van der Waals surface area contributed by atoms with Crippen LogP contribution in [0.25, 0.3) is 6.08 Å². The van der Waals surface area contributed by atoms with Crippen molar-refractivity contribution in [3.8, 4) is 11.5 Å². The largest absolute Gasteiger partial charge is 0.506 e. The molecule has 0 aliphatic carbocycles. The summed E-state index contributed by atoms with van der Waals surface area (Å²) < 4.78 is 5.83. The summed E-state index contributed by atoms with van der Waals surface area (Å²) in [7, 11) is 0. The van der Waals surface area contributed by atoms with E-state index < -0.39 is 5.60 Å². The molecule has 0 aromatic heterocycles. The molecule has 0 atom stereocenters. The molecule has 0 spiro atoms. The second-order valence-corrected chi connectivity index (χ2v) is 8.48. The fraction of sp³-hybridized carbons (Fsp3) is 0.304. The van der Waals surface area contributed by atoms with Crippen molar-refractivity contribution in [2.45, 2.75) is 45.6 Å². The second kappa shape index (κ2) is 7.15. The van der Waals surface area contributed by atoms with Gasteiger partial charge in [0.15, 0.2) is 0 Å². The predicted octanol–water partition coefficient (Wildman–Crippen LogP) is 4.64. The van der Waals surface area contributed by atoms with E-state index in [9.17, 15) is 9.90 Å². The van der Waals surface area contributed by atoms with Gasteiger partial charge in [0.05, 0.1) is 11.8 Å². The maximum Gasteiger partial charge on any atom is 0.271 e. The lowest BCUT2D eigenvalue weighted by molar-refractivity contribution is 0.0955. The molecule has 0 saturated heterocycles. The predicted molar refractivity (Wildman–Crippen MR) is 112 cm³/mol. The Kier molecular flexibility index (Phi) is 5.02. The van der Waals surface area contributed by atoms with E-state index in [0.717, 1.165) is 5.56 Å². The molecule has 3 rings (SSSR count). The number of amides is 1. The van der Waals surface area contributed by atoms with E-state index in [4.69, 9.17) is 4.74 Å². The van der Waals surface area contributed by atoms with Crippen LogP contribution in [0.3, 0.4) is 0 Å². The number of nitrogens with one attached hydrogen (secondary N) is 1. The first kappa shape index (κ1) is 19.7. The molecule has 5 heteroatoms. The van der Waals surface area contributed by atoms with Gasteiger partial charge < -0.3 is 9.84 Å². The van der Waals surface area contributed by atoms with Crippen molar-refractivity contribution in [3.05, 3.63) is 64.7 Å². The van der Waals surface area contributed by atoms with Crippen molar-refractivity contribution >= 4 is 18.2 Å². The Morgan fingerprint density at radius 1 is 1.14 bits per heavy atom. The SMILES string of the molecule is CC1(C)C=Cc2c(ccc(/C=N/NC(=O)c3ccc(C(C)(C)C)cc3)c2O)O1. The van der Waals surface area contributed by atoms with E-state index in [1.807, 2.05) is 38.1 Å². The molecule has 1 aliphatic heterocycles. The fourth-order valence-electron chi connectivity index (χ4n) is 2.91. The smallest absolute Gasteiger partial charge is 0.271 e. The van der Waals surface area contributed by atoms with Gasteiger partial charge in [0.1, 0.15) is 17.1 Å². The third-order valence-corrected chi connectivity index (χ3v) is 4.62. The lowest BCUT2D eigenvalue weighted by Gasteiger charge is -2.28. The highest BCUT2D eigenvalue weighted by Crippen LogP contribution is 2.37. The van der Waals surface area contributed by atoms with Crippen molar-refractivity contribution in [3.63, 3.8) is 0 Å². The second-order valence-electron chi connectivity index (χ2n) is 8.48. The summed E-state index contributed by atoms with van der Waals surface area (Å²) in [4.78, 5) is 12.3. The van der Waals surface area contributed by atoms with E-state index in [1.165, 1.54) is 6.21 Å². The molecule has 0 radical (unpaired) electrons. The van der Waals surface area contributed by atoms with Crippen LogP contribution in [0.4, 0.5) is 0 Å². The van der Waals surface area contributed by atoms with Crippen LogP contribution >= 0.6 is 0 Å². The van der Waals surface area contributed by atoms with Gasteiger partial charge in [0, 0.05) is 11.1 Å². The molecule has 28 heavy (non-hydrogen) atoms. The molecule has 1 heterocycles.